The number of allylic oxidation sites excluding steroid dienone is 1. The van der Waals surface area contributed by atoms with Crippen molar-refractivity contribution in [1.82, 2.24) is 4.90 Å². The Morgan fingerprint density at radius 2 is 1.70 bits per heavy atom. The topological polar surface area (TPSA) is 67.3 Å². The van der Waals surface area contributed by atoms with Gasteiger partial charge in [0.05, 0.1) is 38.5 Å². The van der Waals surface area contributed by atoms with Crippen LogP contribution < -0.4 is 24.8 Å². The Morgan fingerprint density at radius 3 is 2.26 bits per heavy atom. The SMILES string of the molecule is CCCCOC1=CC(N2CCOCC2)C(OCCCC)=CC1=[N+]=[N-].[Cl-].[Cl-].[Zn+2]. The Labute approximate surface area is 187 Å². The number of halogens is 2. The van der Waals surface area contributed by atoms with Crippen molar-refractivity contribution < 1.29 is 63.3 Å². The molecule has 1 aliphatic heterocycles. The molecule has 0 N–H and O–H groups in total. The molecule has 9 heteroatoms. The van der Waals surface area contributed by atoms with Gasteiger partial charge in [0.1, 0.15) is 5.76 Å². The predicted octanol–water partition coefficient (Wildman–Crippen LogP) is -3.22. The summed E-state index contributed by atoms with van der Waals surface area (Å²) in [6.45, 7) is 8.69. The minimum atomic E-state index is 0. The second kappa shape index (κ2) is 16.5. The van der Waals surface area contributed by atoms with Crippen molar-refractivity contribution >= 4 is 5.71 Å². The van der Waals surface area contributed by atoms with Crippen molar-refractivity contribution in [3.05, 3.63) is 29.2 Å². The standard InChI is InChI=1S/C18H29N3O3.2ClH.Zn/c1-3-5-9-23-17-14-16(21-7-11-22-12-8-21)18(13-15(17)20-19)24-10-6-4-2;;;/h13-14,16H,3-12H2,1-2H3;2*1H;/q;;;+2/p-2. The van der Waals surface area contributed by atoms with E-state index in [9.17, 15) is 5.53 Å². The van der Waals surface area contributed by atoms with Gasteiger partial charge in [-0.2, -0.15) is 4.79 Å². The maximum Gasteiger partial charge on any atom is 2.00 e. The van der Waals surface area contributed by atoms with Crippen molar-refractivity contribution in [2.45, 2.75) is 45.6 Å². The van der Waals surface area contributed by atoms with Crippen LogP contribution in [0.15, 0.2) is 23.7 Å². The monoisotopic (exact) mass is 469 g/mol. The fourth-order valence-electron chi connectivity index (χ4n) is 2.73. The van der Waals surface area contributed by atoms with Crippen molar-refractivity contribution in [3.8, 4) is 0 Å². The van der Waals surface area contributed by atoms with Gasteiger partial charge in [-0.25, -0.2) is 0 Å². The maximum absolute atomic E-state index is 9.34. The normalized spacial score (nSPS) is 19.3. The van der Waals surface area contributed by atoms with Gasteiger partial charge in [0.15, 0.2) is 0 Å². The molecule has 0 aromatic rings. The molecule has 0 aromatic carbocycles. The predicted molar refractivity (Wildman–Crippen MR) is 92.7 cm³/mol. The summed E-state index contributed by atoms with van der Waals surface area (Å²) in [4.78, 5) is 5.71. The van der Waals surface area contributed by atoms with Crippen LogP contribution in [0.3, 0.4) is 0 Å². The molecule has 1 atom stereocenters. The Bertz CT molecular complexity index is 520. The van der Waals surface area contributed by atoms with Crippen LogP contribution in [0, 0.1) is 0 Å². The molecule has 1 aliphatic carbocycles. The van der Waals surface area contributed by atoms with E-state index in [1.54, 1.807) is 6.08 Å². The molecule has 150 valence electrons. The quantitative estimate of drug-likeness (QED) is 0.154. The first-order valence-corrected chi connectivity index (χ1v) is 9.03. The third kappa shape index (κ3) is 9.08. The fourth-order valence-corrected chi connectivity index (χ4v) is 2.73. The molecule has 1 saturated heterocycles. The van der Waals surface area contributed by atoms with Gasteiger partial charge in [0.25, 0.3) is 0 Å². The molecule has 27 heavy (non-hydrogen) atoms. The van der Waals surface area contributed by atoms with Gasteiger partial charge in [-0.05, 0) is 18.9 Å². The number of unbranched alkanes of at least 4 members (excludes halogenated alkanes) is 2. The number of hydrogen-bond donors (Lipinski definition) is 0. The molecule has 1 heterocycles. The third-order valence-electron chi connectivity index (χ3n) is 4.20. The maximum atomic E-state index is 9.34. The second-order valence-electron chi connectivity index (χ2n) is 6.06. The smallest absolute Gasteiger partial charge is 1.00 e. The molecule has 6 nitrogen and oxygen atoms in total. The largest absolute Gasteiger partial charge is 2.00 e. The molecule has 0 aromatic heterocycles. The second-order valence-corrected chi connectivity index (χ2v) is 6.06. The Morgan fingerprint density at radius 1 is 1.11 bits per heavy atom. The van der Waals surface area contributed by atoms with Crippen molar-refractivity contribution in [3.63, 3.8) is 0 Å². The van der Waals surface area contributed by atoms with E-state index >= 15 is 0 Å². The van der Waals surface area contributed by atoms with Gasteiger partial charge in [0, 0.05) is 13.1 Å². The number of nitrogens with zero attached hydrogens (tertiary/aromatic N) is 3. The molecule has 2 rings (SSSR count). The first-order chi connectivity index (χ1) is 11.8. The summed E-state index contributed by atoms with van der Waals surface area (Å²) in [5, 5.41) is 0. The van der Waals surface area contributed by atoms with Gasteiger partial charge in [-0.15, -0.1) is 0 Å². The molecular weight excluding hydrogens is 443 g/mol. The van der Waals surface area contributed by atoms with Crippen LogP contribution in [0.5, 0.6) is 0 Å². The fraction of sp³-hybridized carbons (Fsp3) is 0.722. The Kier molecular flexibility index (Phi) is 17.6. The van der Waals surface area contributed by atoms with E-state index in [2.05, 4.69) is 23.5 Å². The molecule has 0 bridgehead atoms. The van der Waals surface area contributed by atoms with Gasteiger partial charge in [-0.1, -0.05) is 26.7 Å². The minimum absolute atomic E-state index is 0. The Hall–Kier alpha value is -0.417. The minimum Gasteiger partial charge on any atom is -1.00 e. The van der Waals surface area contributed by atoms with E-state index in [1.165, 1.54) is 0 Å². The van der Waals surface area contributed by atoms with Crippen LogP contribution >= 0.6 is 0 Å². The van der Waals surface area contributed by atoms with E-state index in [4.69, 9.17) is 14.2 Å². The van der Waals surface area contributed by atoms with E-state index in [-0.39, 0.29) is 50.3 Å². The zero-order valence-electron chi connectivity index (χ0n) is 16.3. The summed E-state index contributed by atoms with van der Waals surface area (Å²) >= 11 is 0. The summed E-state index contributed by atoms with van der Waals surface area (Å²) in [5.41, 5.74) is 9.77. The molecule has 0 radical (unpaired) electrons. The summed E-state index contributed by atoms with van der Waals surface area (Å²) in [7, 11) is 0. The van der Waals surface area contributed by atoms with Crippen LogP contribution in [-0.2, 0) is 33.7 Å². The van der Waals surface area contributed by atoms with Crippen LogP contribution in [0.2, 0.25) is 0 Å². The summed E-state index contributed by atoms with van der Waals surface area (Å²) in [6.07, 6.45) is 7.93. The van der Waals surface area contributed by atoms with Crippen molar-refractivity contribution in [2.75, 3.05) is 39.5 Å². The molecule has 1 unspecified atom stereocenters. The average molecular weight is 472 g/mol. The van der Waals surface area contributed by atoms with E-state index in [0.717, 1.165) is 57.7 Å². The zero-order chi connectivity index (χ0) is 17.2. The zero-order valence-corrected chi connectivity index (χ0v) is 20.8. The van der Waals surface area contributed by atoms with E-state index in [0.29, 0.717) is 24.7 Å². The van der Waals surface area contributed by atoms with Crippen LogP contribution in [-0.4, -0.2) is 61.0 Å². The molecule has 0 amide bonds. The Balaban J connectivity index is 0. The first-order valence-electron chi connectivity index (χ1n) is 9.03. The summed E-state index contributed by atoms with van der Waals surface area (Å²) in [5.74, 6) is 1.45. The van der Waals surface area contributed by atoms with Crippen molar-refractivity contribution in [2.24, 2.45) is 0 Å². The molecule has 2 aliphatic rings. The van der Waals surface area contributed by atoms with Crippen LogP contribution in [0.4, 0.5) is 0 Å². The third-order valence-corrected chi connectivity index (χ3v) is 4.20. The molecule has 0 saturated carbocycles. The first kappa shape index (κ1) is 28.8. The average Bonchev–Trinajstić information content (AvgIpc) is 2.63. The summed E-state index contributed by atoms with van der Waals surface area (Å²) in [6, 6.07) is 0.00730. The van der Waals surface area contributed by atoms with Crippen LogP contribution in [0.25, 0.3) is 5.53 Å². The molecular formula is C18H29Cl2N3O3Zn. The number of hydrogen-bond acceptors (Lipinski definition) is 4. The number of morpholine rings is 1. The van der Waals surface area contributed by atoms with Gasteiger partial charge in [-0.3, -0.25) is 4.90 Å². The number of rotatable bonds is 9. The van der Waals surface area contributed by atoms with E-state index in [1.807, 2.05) is 6.08 Å². The van der Waals surface area contributed by atoms with Gasteiger partial charge < -0.3 is 44.6 Å². The van der Waals surface area contributed by atoms with Gasteiger partial charge in [0.2, 0.25) is 5.76 Å². The van der Waals surface area contributed by atoms with Gasteiger partial charge >= 0.3 is 25.2 Å². The number of ether oxygens (including phenoxy) is 3. The summed E-state index contributed by atoms with van der Waals surface area (Å²) < 4.78 is 17.3. The molecule has 0 spiro atoms. The molecule has 1 fully saturated rings. The van der Waals surface area contributed by atoms with Crippen LogP contribution in [0.1, 0.15) is 39.5 Å². The van der Waals surface area contributed by atoms with Crippen molar-refractivity contribution in [1.29, 1.82) is 0 Å². The van der Waals surface area contributed by atoms with E-state index < -0.39 is 0 Å².